The minimum absolute atomic E-state index is 0.00356. The van der Waals surface area contributed by atoms with Crippen molar-refractivity contribution in [3.05, 3.63) is 35.9 Å². The van der Waals surface area contributed by atoms with E-state index in [2.05, 4.69) is 24.0 Å². The third-order valence-corrected chi connectivity index (χ3v) is 3.61. The van der Waals surface area contributed by atoms with E-state index in [4.69, 9.17) is 9.47 Å². The highest BCUT2D eigenvalue weighted by atomic mass is 16.7. The van der Waals surface area contributed by atoms with Gasteiger partial charge in [0.25, 0.3) is 0 Å². The topological polar surface area (TPSA) is 30.8 Å². The number of ether oxygens (including phenoxy) is 2. The second-order valence-electron chi connectivity index (χ2n) is 4.73. The van der Waals surface area contributed by atoms with Gasteiger partial charge in [0.15, 0.2) is 11.4 Å². The largest absolute Gasteiger partial charge is 0.447 e. The quantitative estimate of drug-likeness (QED) is 0.724. The number of rotatable bonds is 1. The summed E-state index contributed by atoms with van der Waals surface area (Å²) in [6.45, 7) is 5.91. The van der Waals surface area contributed by atoms with Gasteiger partial charge in [0.1, 0.15) is 6.10 Å². The molecule has 1 aromatic carbocycles. The van der Waals surface area contributed by atoms with Crippen molar-refractivity contribution in [3.63, 3.8) is 0 Å². The first kappa shape index (κ1) is 9.85. The Labute approximate surface area is 95.1 Å². The van der Waals surface area contributed by atoms with Gasteiger partial charge < -0.3 is 9.47 Å². The Morgan fingerprint density at radius 1 is 1.19 bits per heavy atom. The maximum atomic E-state index is 5.87. The van der Waals surface area contributed by atoms with Crippen molar-refractivity contribution in [1.29, 1.82) is 0 Å². The van der Waals surface area contributed by atoms with Gasteiger partial charge in [0, 0.05) is 13.8 Å². The standard InChI is InChI=1S/C13H15NO2/c1-9-14-12(2)11(16-13(12,3)15-9)10-7-5-4-6-8-10/h4-8,11H,1-3H3/t11-,12-,13+/m1/s1. The fraction of sp³-hybridized carbons (Fsp3) is 0.462. The van der Waals surface area contributed by atoms with E-state index in [9.17, 15) is 0 Å². The predicted molar refractivity (Wildman–Crippen MR) is 61.3 cm³/mol. The number of benzene rings is 1. The van der Waals surface area contributed by atoms with E-state index in [1.54, 1.807) is 0 Å². The second kappa shape index (κ2) is 2.86. The van der Waals surface area contributed by atoms with Crippen LogP contribution in [0.5, 0.6) is 0 Å². The molecule has 0 spiro atoms. The maximum absolute atomic E-state index is 5.87. The van der Waals surface area contributed by atoms with Crippen molar-refractivity contribution in [2.45, 2.75) is 38.2 Å². The highest BCUT2D eigenvalue weighted by Gasteiger charge is 2.68. The molecule has 3 rings (SSSR count). The lowest BCUT2D eigenvalue weighted by molar-refractivity contribution is -0.342. The zero-order valence-electron chi connectivity index (χ0n) is 9.73. The molecule has 0 N–H and O–H groups in total. The molecule has 0 saturated carbocycles. The van der Waals surface area contributed by atoms with Gasteiger partial charge >= 0.3 is 0 Å². The normalized spacial score (nSPS) is 40.7. The monoisotopic (exact) mass is 217 g/mol. The lowest BCUT2D eigenvalue weighted by Crippen LogP contribution is -2.64. The fourth-order valence-corrected chi connectivity index (χ4v) is 2.58. The average Bonchev–Trinajstić information content (AvgIpc) is 2.42. The Bertz CT molecular complexity index is 456. The molecular formula is C13H15NO2. The molecule has 0 amide bonds. The van der Waals surface area contributed by atoms with Crippen molar-refractivity contribution < 1.29 is 9.47 Å². The van der Waals surface area contributed by atoms with Crippen LogP contribution in [-0.4, -0.2) is 17.2 Å². The summed E-state index contributed by atoms with van der Waals surface area (Å²) in [6, 6.07) is 10.2. The molecule has 0 bridgehead atoms. The van der Waals surface area contributed by atoms with Crippen LogP contribution in [0.1, 0.15) is 32.4 Å². The molecule has 3 nitrogen and oxygen atoms in total. The molecule has 2 heterocycles. The molecule has 84 valence electrons. The first-order valence-corrected chi connectivity index (χ1v) is 5.53. The van der Waals surface area contributed by atoms with Crippen LogP contribution in [0.3, 0.4) is 0 Å². The molecule has 0 radical (unpaired) electrons. The SMILES string of the molecule is CC1=N[C@]2(C)[C@@H](c3ccccc3)O[C@]2(C)O1. The van der Waals surface area contributed by atoms with Gasteiger partial charge in [-0.1, -0.05) is 30.3 Å². The summed E-state index contributed by atoms with van der Waals surface area (Å²) in [6.07, 6.45) is -0.00356. The summed E-state index contributed by atoms with van der Waals surface area (Å²) in [7, 11) is 0. The number of aliphatic imine (C=N–C) groups is 1. The molecule has 16 heavy (non-hydrogen) atoms. The van der Waals surface area contributed by atoms with Crippen LogP contribution in [0.25, 0.3) is 0 Å². The van der Waals surface area contributed by atoms with Crippen molar-refractivity contribution in [3.8, 4) is 0 Å². The highest BCUT2D eigenvalue weighted by Crippen LogP contribution is 2.57. The molecule has 1 aromatic rings. The third-order valence-electron chi connectivity index (χ3n) is 3.61. The molecule has 2 aliphatic heterocycles. The molecule has 1 fully saturated rings. The second-order valence-corrected chi connectivity index (χ2v) is 4.73. The highest BCUT2D eigenvalue weighted by molar-refractivity contribution is 5.77. The first-order chi connectivity index (χ1) is 7.55. The number of hydrogen-bond donors (Lipinski definition) is 0. The Morgan fingerprint density at radius 3 is 2.50 bits per heavy atom. The zero-order chi connectivity index (χ0) is 11.4. The van der Waals surface area contributed by atoms with Crippen LogP contribution in [-0.2, 0) is 9.47 Å². The molecule has 2 aliphatic rings. The van der Waals surface area contributed by atoms with Gasteiger partial charge in [-0.2, -0.15) is 0 Å². The van der Waals surface area contributed by atoms with Gasteiger partial charge in [-0.05, 0) is 12.5 Å². The van der Waals surface area contributed by atoms with Crippen LogP contribution in [0.4, 0.5) is 0 Å². The summed E-state index contributed by atoms with van der Waals surface area (Å²) in [5.74, 6) is 0.126. The predicted octanol–water partition coefficient (Wildman–Crippen LogP) is 2.68. The van der Waals surface area contributed by atoms with Crippen LogP contribution < -0.4 is 0 Å². The Balaban J connectivity index is 1.98. The maximum Gasteiger partial charge on any atom is 0.237 e. The van der Waals surface area contributed by atoms with Crippen LogP contribution in [0.2, 0.25) is 0 Å². The van der Waals surface area contributed by atoms with Crippen molar-refractivity contribution in [2.75, 3.05) is 0 Å². The minimum Gasteiger partial charge on any atom is -0.447 e. The van der Waals surface area contributed by atoms with E-state index >= 15 is 0 Å². The van der Waals surface area contributed by atoms with Crippen LogP contribution in [0, 0.1) is 0 Å². The number of fused-ring (bicyclic) bond motifs is 1. The fourth-order valence-electron chi connectivity index (χ4n) is 2.58. The molecule has 3 atom stereocenters. The summed E-state index contributed by atoms with van der Waals surface area (Å²) < 4.78 is 11.5. The van der Waals surface area contributed by atoms with E-state index in [0.717, 1.165) is 5.56 Å². The molecule has 1 saturated heterocycles. The average molecular weight is 217 g/mol. The zero-order valence-corrected chi connectivity index (χ0v) is 9.73. The van der Waals surface area contributed by atoms with E-state index < -0.39 is 5.79 Å². The van der Waals surface area contributed by atoms with Gasteiger partial charge in [-0.25, -0.2) is 4.99 Å². The molecular weight excluding hydrogens is 202 g/mol. The van der Waals surface area contributed by atoms with E-state index in [1.807, 2.05) is 32.0 Å². The first-order valence-electron chi connectivity index (χ1n) is 5.53. The third kappa shape index (κ3) is 1.04. The molecule has 0 unspecified atom stereocenters. The summed E-state index contributed by atoms with van der Waals surface area (Å²) in [5.41, 5.74) is 0.864. The molecule has 3 heteroatoms. The van der Waals surface area contributed by atoms with Crippen LogP contribution >= 0.6 is 0 Å². The van der Waals surface area contributed by atoms with Gasteiger partial charge in [-0.3, -0.25) is 0 Å². The van der Waals surface area contributed by atoms with Gasteiger partial charge in [-0.15, -0.1) is 0 Å². The molecule has 0 aliphatic carbocycles. The van der Waals surface area contributed by atoms with E-state index in [1.165, 1.54) is 0 Å². The lowest BCUT2D eigenvalue weighted by atomic mass is 9.77. The smallest absolute Gasteiger partial charge is 0.237 e. The Morgan fingerprint density at radius 2 is 1.88 bits per heavy atom. The van der Waals surface area contributed by atoms with E-state index in [-0.39, 0.29) is 11.6 Å². The number of nitrogens with zero attached hydrogens (tertiary/aromatic N) is 1. The summed E-state index contributed by atoms with van der Waals surface area (Å²) >= 11 is 0. The Hall–Kier alpha value is -1.35. The van der Waals surface area contributed by atoms with Crippen LogP contribution in [0.15, 0.2) is 35.3 Å². The summed E-state index contributed by atoms with van der Waals surface area (Å²) in [4.78, 5) is 4.59. The molecule has 0 aromatic heterocycles. The van der Waals surface area contributed by atoms with Gasteiger partial charge in [0.05, 0.1) is 0 Å². The lowest BCUT2D eigenvalue weighted by Gasteiger charge is -2.53. The summed E-state index contributed by atoms with van der Waals surface area (Å²) in [5, 5.41) is 0. The number of hydrogen-bond acceptors (Lipinski definition) is 3. The van der Waals surface area contributed by atoms with Crippen molar-refractivity contribution in [1.82, 2.24) is 0 Å². The van der Waals surface area contributed by atoms with Gasteiger partial charge in [0.2, 0.25) is 5.79 Å². The van der Waals surface area contributed by atoms with Crippen molar-refractivity contribution in [2.24, 2.45) is 4.99 Å². The van der Waals surface area contributed by atoms with Crippen molar-refractivity contribution >= 4 is 5.90 Å². The minimum atomic E-state index is -0.586. The Kier molecular flexibility index (Phi) is 1.76. The van der Waals surface area contributed by atoms with E-state index in [0.29, 0.717) is 5.90 Å².